The number of amides is 1. The van der Waals surface area contributed by atoms with Crippen LogP contribution >= 0.6 is 0 Å². The summed E-state index contributed by atoms with van der Waals surface area (Å²) < 4.78 is 5.81. The van der Waals surface area contributed by atoms with Gasteiger partial charge in [-0.15, -0.1) is 0 Å². The van der Waals surface area contributed by atoms with E-state index in [2.05, 4.69) is 5.32 Å². The maximum Gasteiger partial charge on any atom is 0.222 e. The third-order valence-electron chi connectivity index (χ3n) is 4.44. The fraction of sp³-hybridized carbons (Fsp3) is 0.350. The van der Waals surface area contributed by atoms with E-state index in [0.717, 1.165) is 30.6 Å². The molecule has 0 bridgehead atoms. The van der Waals surface area contributed by atoms with Gasteiger partial charge in [-0.3, -0.25) is 4.79 Å². The van der Waals surface area contributed by atoms with Crippen molar-refractivity contribution < 1.29 is 9.53 Å². The van der Waals surface area contributed by atoms with Crippen LogP contribution in [-0.2, 0) is 9.53 Å². The van der Waals surface area contributed by atoms with Crippen molar-refractivity contribution in [1.82, 2.24) is 5.32 Å². The van der Waals surface area contributed by atoms with Gasteiger partial charge in [0.05, 0.1) is 12.1 Å². The molecule has 1 amide bonds. The zero-order valence-electron chi connectivity index (χ0n) is 13.7. The Morgan fingerprint density at radius 1 is 1.08 bits per heavy atom. The second kappa shape index (κ2) is 8.08. The van der Waals surface area contributed by atoms with Crippen LogP contribution in [-0.4, -0.2) is 18.6 Å². The van der Waals surface area contributed by atoms with Crippen molar-refractivity contribution in [3.05, 3.63) is 71.8 Å². The first kappa shape index (κ1) is 16.7. The predicted molar refractivity (Wildman–Crippen MR) is 94.3 cm³/mol. The number of hydrogen-bond donors (Lipinski definition) is 2. The Morgan fingerprint density at radius 2 is 1.71 bits per heavy atom. The third-order valence-corrected chi connectivity index (χ3v) is 4.44. The van der Waals surface area contributed by atoms with Crippen molar-refractivity contribution in [2.24, 2.45) is 5.73 Å². The third kappa shape index (κ3) is 4.22. The smallest absolute Gasteiger partial charge is 0.222 e. The van der Waals surface area contributed by atoms with Crippen molar-refractivity contribution in [1.29, 1.82) is 0 Å². The van der Waals surface area contributed by atoms with Crippen LogP contribution in [0, 0.1) is 0 Å². The lowest BCUT2D eigenvalue weighted by Crippen LogP contribution is -2.37. The highest BCUT2D eigenvalue weighted by Crippen LogP contribution is 2.27. The monoisotopic (exact) mass is 324 g/mol. The summed E-state index contributed by atoms with van der Waals surface area (Å²) in [6.07, 6.45) is 2.29. The molecule has 3 N–H and O–H groups in total. The van der Waals surface area contributed by atoms with Gasteiger partial charge >= 0.3 is 0 Å². The van der Waals surface area contributed by atoms with Crippen molar-refractivity contribution >= 4 is 5.91 Å². The standard InChI is InChI=1S/C20H24N2O2/c21-17(15-8-3-1-4-9-15)14-19(23)22-20(18-12-7-13-24-18)16-10-5-2-6-11-16/h1-6,8-11,17-18,20H,7,12-14,21H2,(H,22,23). The first-order chi connectivity index (χ1) is 11.7. The quantitative estimate of drug-likeness (QED) is 0.858. The number of hydrogen-bond acceptors (Lipinski definition) is 3. The van der Waals surface area contributed by atoms with Crippen molar-refractivity contribution in [2.75, 3.05) is 6.61 Å². The molecule has 1 saturated heterocycles. The maximum absolute atomic E-state index is 12.5. The SMILES string of the molecule is NC(CC(=O)NC(c1ccccc1)C1CCCO1)c1ccccc1. The molecular weight excluding hydrogens is 300 g/mol. The van der Waals surface area contributed by atoms with E-state index in [-0.39, 0.29) is 30.5 Å². The molecule has 2 aromatic carbocycles. The molecule has 3 unspecified atom stereocenters. The first-order valence-corrected chi connectivity index (χ1v) is 8.50. The van der Waals surface area contributed by atoms with Gasteiger partial charge < -0.3 is 15.8 Å². The minimum Gasteiger partial charge on any atom is -0.376 e. The lowest BCUT2D eigenvalue weighted by molar-refractivity contribution is -0.123. The highest BCUT2D eigenvalue weighted by atomic mass is 16.5. The van der Waals surface area contributed by atoms with Gasteiger partial charge in [-0.1, -0.05) is 60.7 Å². The number of ether oxygens (including phenoxy) is 1. The summed E-state index contributed by atoms with van der Waals surface area (Å²) in [5, 5.41) is 3.13. The van der Waals surface area contributed by atoms with E-state index in [9.17, 15) is 4.79 Å². The fourth-order valence-corrected chi connectivity index (χ4v) is 3.17. The topological polar surface area (TPSA) is 64.4 Å². The average molecular weight is 324 g/mol. The molecule has 1 fully saturated rings. The minimum absolute atomic E-state index is 0.0318. The van der Waals surface area contributed by atoms with Crippen molar-refractivity contribution in [2.45, 2.75) is 37.5 Å². The number of rotatable bonds is 6. The van der Waals surface area contributed by atoms with Gasteiger partial charge in [-0.05, 0) is 24.0 Å². The molecule has 0 aliphatic carbocycles. The van der Waals surface area contributed by atoms with E-state index in [4.69, 9.17) is 10.5 Å². The Labute approximate surface area is 143 Å². The summed E-state index contributed by atoms with van der Waals surface area (Å²) in [6.45, 7) is 0.757. The average Bonchev–Trinajstić information content (AvgIpc) is 3.15. The normalized spacial score (nSPS) is 19.6. The Balaban J connectivity index is 1.67. The molecule has 0 aromatic heterocycles. The molecule has 1 aliphatic heterocycles. The summed E-state index contributed by atoms with van der Waals surface area (Å²) in [7, 11) is 0. The maximum atomic E-state index is 12.5. The number of carbonyl (C=O) groups is 1. The Bertz CT molecular complexity index is 639. The van der Waals surface area contributed by atoms with E-state index in [0.29, 0.717) is 0 Å². The van der Waals surface area contributed by atoms with Crippen molar-refractivity contribution in [3.63, 3.8) is 0 Å². The van der Waals surface area contributed by atoms with E-state index >= 15 is 0 Å². The molecule has 4 nitrogen and oxygen atoms in total. The molecular formula is C20H24N2O2. The van der Waals surface area contributed by atoms with Crippen molar-refractivity contribution in [3.8, 4) is 0 Å². The lowest BCUT2D eigenvalue weighted by atomic mass is 9.98. The first-order valence-electron chi connectivity index (χ1n) is 8.50. The lowest BCUT2D eigenvalue weighted by Gasteiger charge is -2.25. The highest BCUT2D eigenvalue weighted by molar-refractivity contribution is 5.77. The number of nitrogens with two attached hydrogens (primary N) is 1. The van der Waals surface area contributed by atoms with Crippen LogP contribution in [0.25, 0.3) is 0 Å². The molecule has 126 valence electrons. The zero-order chi connectivity index (χ0) is 16.8. The molecule has 0 radical (unpaired) electrons. The van der Waals surface area contributed by atoms with E-state index in [1.165, 1.54) is 0 Å². The summed E-state index contributed by atoms with van der Waals surface area (Å²) in [5.74, 6) is -0.0456. The molecule has 3 rings (SSSR count). The second-order valence-corrected chi connectivity index (χ2v) is 6.23. The van der Waals surface area contributed by atoms with Gasteiger partial charge in [0.1, 0.15) is 0 Å². The summed E-state index contributed by atoms with van der Waals surface area (Å²) in [6, 6.07) is 19.3. The Morgan fingerprint density at radius 3 is 2.29 bits per heavy atom. The molecule has 1 heterocycles. The molecule has 0 saturated carbocycles. The predicted octanol–water partition coefficient (Wildman–Crippen LogP) is 3.11. The van der Waals surface area contributed by atoms with Crippen LogP contribution in [0.5, 0.6) is 0 Å². The van der Waals surface area contributed by atoms with Crippen LogP contribution < -0.4 is 11.1 Å². The fourth-order valence-electron chi connectivity index (χ4n) is 3.17. The number of carbonyl (C=O) groups excluding carboxylic acids is 1. The second-order valence-electron chi connectivity index (χ2n) is 6.23. The van der Waals surface area contributed by atoms with E-state index in [1.54, 1.807) is 0 Å². The van der Waals surface area contributed by atoms with Gasteiger partial charge in [0.2, 0.25) is 5.91 Å². The van der Waals surface area contributed by atoms with Gasteiger partial charge in [0.25, 0.3) is 0 Å². The minimum atomic E-state index is -0.299. The molecule has 3 atom stereocenters. The molecule has 2 aromatic rings. The van der Waals surface area contributed by atoms with Crippen LogP contribution in [0.1, 0.15) is 42.5 Å². The van der Waals surface area contributed by atoms with Gasteiger partial charge in [0, 0.05) is 19.1 Å². The Kier molecular flexibility index (Phi) is 5.62. The largest absolute Gasteiger partial charge is 0.376 e. The van der Waals surface area contributed by atoms with Crippen LogP contribution in [0.2, 0.25) is 0 Å². The summed E-state index contributed by atoms with van der Waals surface area (Å²) in [4.78, 5) is 12.5. The number of nitrogens with one attached hydrogen (secondary N) is 1. The Hall–Kier alpha value is -2.17. The van der Waals surface area contributed by atoms with Crippen LogP contribution in [0.3, 0.4) is 0 Å². The molecule has 0 spiro atoms. The molecule has 4 heteroatoms. The summed E-state index contributed by atoms with van der Waals surface area (Å²) >= 11 is 0. The molecule has 1 aliphatic rings. The van der Waals surface area contributed by atoms with Crippen LogP contribution in [0.4, 0.5) is 0 Å². The molecule has 24 heavy (non-hydrogen) atoms. The number of benzene rings is 2. The van der Waals surface area contributed by atoms with Gasteiger partial charge in [-0.25, -0.2) is 0 Å². The summed E-state index contributed by atoms with van der Waals surface area (Å²) in [5.41, 5.74) is 8.22. The zero-order valence-corrected chi connectivity index (χ0v) is 13.7. The van der Waals surface area contributed by atoms with Crippen LogP contribution in [0.15, 0.2) is 60.7 Å². The van der Waals surface area contributed by atoms with Gasteiger partial charge in [-0.2, -0.15) is 0 Å². The van der Waals surface area contributed by atoms with Gasteiger partial charge in [0.15, 0.2) is 0 Å². The van der Waals surface area contributed by atoms with E-state index in [1.807, 2.05) is 60.7 Å². The highest BCUT2D eigenvalue weighted by Gasteiger charge is 2.29. The van der Waals surface area contributed by atoms with E-state index < -0.39 is 0 Å².